The van der Waals surface area contributed by atoms with Gasteiger partial charge in [-0.15, -0.1) is 0 Å². The highest BCUT2D eigenvalue weighted by Crippen LogP contribution is 2.17. The van der Waals surface area contributed by atoms with E-state index in [0.717, 1.165) is 5.69 Å². The monoisotopic (exact) mass is 189 g/mol. The predicted octanol–water partition coefficient (Wildman–Crippen LogP) is 0.740. The van der Waals surface area contributed by atoms with Crippen LogP contribution in [0.15, 0.2) is 24.5 Å². The lowest BCUT2D eigenvalue weighted by Gasteiger charge is -2.05. The summed E-state index contributed by atoms with van der Waals surface area (Å²) in [5.74, 6) is 0.613. The van der Waals surface area contributed by atoms with Crippen molar-refractivity contribution in [1.29, 1.82) is 0 Å². The van der Waals surface area contributed by atoms with Crippen molar-refractivity contribution in [3.05, 3.63) is 30.2 Å². The number of aromatic nitrogens is 3. The largest absolute Gasteiger partial charge is 0.396 e. The van der Waals surface area contributed by atoms with E-state index in [9.17, 15) is 0 Å². The Morgan fingerprint density at radius 2 is 2.07 bits per heavy atom. The molecule has 0 atom stereocenters. The first kappa shape index (κ1) is 8.55. The van der Waals surface area contributed by atoms with Gasteiger partial charge in [-0.3, -0.25) is 0 Å². The van der Waals surface area contributed by atoms with Crippen molar-refractivity contribution in [2.45, 2.75) is 6.92 Å². The summed E-state index contributed by atoms with van der Waals surface area (Å²) in [5, 5.41) is 4.10. The molecule has 5 heteroatoms. The molecule has 2 heterocycles. The molecule has 0 fully saturated rings. The fourth-order valence-corrected chi connectivity index (χ4v) is 1.22. The highest BCUT2D eigenvalue weighted by atomic mass is 15.3. The maximum Gasteiger partial charge on any atom is 0.176 e. The van der Waals surface area contributed by atoms with Gasteiger partial charge in [0.25, 0.3) is 0 Å². The molecule has 0 aromatic carbocycles. The Hall–Kier alpha value is -2.04. The highest BCUT2D eigenvalue weighted by molar-refractivity contribution is 5.54. The number of hydrogen-bond acceptors (Lipinski definition) is 4. The van der Waals surface area contributed by atoms with Crippen LogP contribution in [0.1, 0.15) is 5.69 Å². The number of rotatable bonds is 1. The summed E-state index contributed by atoms with van der Waals surface area (Å²) in [6, 6.07) is 3.56. The van der Waals surface area contributed by atoms with E-state index in [2.05, 4.69) is 10.1 Å². The van der Waals surface area contributed by atoms with Crippen molar-refractivity contribution in [3.8, 4) is 5.82 Å². The van der Waals surface area contributed by atoms with Gasteiger partial charge < -0.3 is 11.5 Å². The summed E-state index contributed by atoms with van der Waals surface area (Å²) in [4.78, 5) is 4.14. The second-order valence-electron chi connectivity index (χ2n) is 3.01. The smallest absolute Gasteiger partial charge is 0.176 e. The summed E-state index contributed by atoms with van der Waals surface area (Å²) in [6.07, 6.45) is 3.26. The molecule has 2 rings (SSSR count). The third-order valence-electron chi connectivity index (χ3n) is 2.07. The zero-order chi connectivity index (χ0) is 10.1. The molecule has 0 bridgehead atoms. The molecule has 14 heavy (non-hydrogen) atoms. The van der Waals surface area contributed by atoms with E-state index in [0.29, 0.717) is 17.2 Å². The standard InChI is InChI=1S/C9H11N5/c1-6-8(11)5-13-14(6)9-7(10)3-2-4-12-9/h2-5H,10-11H2,1H3. The van der Waals surface area contributed by atoms with E-state index in [-0.39, 0.29) is 0 Å². The van der Waals surface area contributed by atoms with Crippen LogP contribution in [0.25, 0.3) is 5.82 Å². The van der Waals surface area contributed by atoms with Crippen LogP contribution in [0.2, 0.25) is 0 Å². The van der Waals surface area contributed by atoms with E-state index in [1.54, 1.807) is 29.2 Å². The van der Waals surface area contributed by atoms with Crippen LogP contribution in [0.3, 0.4) is 0 Å². The zero-order valence-corrected chi connectivity index (χ0v) is 7.81. The maximum absolute atomic E-state index is 5.77. The number of nitrogens with zero attached hydrogens (tertiary/aromatic N) is 3. The second kappa shape index (κ2) is 3.02. The van der Waals surface area contributed by atoms with Gasteiger partial charge >= 0.3 is 0 Å². The first-order valence-electron chi connectivity index (χ1n) is 4.21. The van der Waals surface area contributed by atoms with Gasteiger partial charge in [0.2, 0.25) is 0 Å². The Morgan fingerprint density at radius 3 is 2.64 bits per heavy atom. The molecule has 5 nitrogen and oxygen atoms in total. The molecular formula is C9H11N5. The van der Waals surface area contributed by atoms with Crippen molar-refractivity contribution >= 4 is 11.4 Å². The van der Waals surface area contributed by atoms with Gasteiger partial charge in [-0.1, -0.05) is 0 Å². The third kappa shape index (κ3) is 1.19. The van der Waals surface area contributed by atoms with Crippen molar-refractivity contribution < 1.29 is 0 Å². The summed E-state index contributed by atoms with van der Waals surface area (Å²) >= 11 is 0. The van der Waals surface area contributed by atoms with E-state index < -0.39 is 0 Å². The number of nitrogens with two attached hydrogens (primary N) is 2. The SMILES string of the molecule is Cc1c(N)cnn1-c1ncccc1N. The van der Waals surface area contributed by atoms with E-state index >= 15 is 0 Å². The van der Waals surface area contributed by atoms with Crippen LogP contribution in [-0.4, -0.2) is 14.8 Å². The van der Waals surface area contributed by atoms with Gasteiger partial charge in [0, 0.05) is 6.20 Å². The zero-order valence-electron chi connectivity index (χ0n) is 7.81. The minimum atomic E-state index is 0.582. The van der Waals surface area contributed by atoms with E-state index in [1.165, 1.54) is 0 Å². The Kier molecular flexibility index (Phi) is 1.85. The van der Waals surface area contributed by atoms with Crippen LogP contribution in [0, 0.1) is 6.92 Å². The van der Waals surface area contributed by atoms with Crippen molar-refractivity contribution in [2.24, 2.45) is 0 Å². The second-order valence-corrected chi connectivity index (χ2v) is 3.01. The molecule has 2 aromatic heterocycles. The van der Waals surface area contributed by atoms with Crippen molar-refractivity contribution in [3.63, 3.8) is 0 Å². The number of anilines is 2. The van der Waals surface area contributed by atoms with Gasteiger partial charge in [0.1, 0.15) is 0 Å². The molecule has 0 saturated carbocycles. The molecule has 0 unspecified atom stereocenters. The normalized spacial score (nSPS) is 10.4. The topological polar surface area (TPSA) is 82.8 Å². The van der Waals surface area contributed by atoms with Crippen molar-refractivity contribution in [2.75, 3.05) is 11.5 Å². The molecule has 0 spiro atoms. The summed E-state index contributed by atoms with van der Waals surface area (Å²) in [6.45, 7) is 1.87. The first-order valence-corrected chi connectivity index (χ1v) is 4.21. The number of nitrogen functional groups attached to an aromatic ring is 2. The molecule has 0 aliphatic rings. The maximum atomic E-state index is 5.77. The third-order valence-corrected chi connectivity index (χ3v) is 2.07. The predicted molar refractivity (Wildman–Crippen MR) is 54.9 cm³/mol. The van der Waals surface area contributed by atoms with Gasteiger partial charge in [-0.05, 0) is 19.1 Å². The minimum absolute atomic E-state index is 0.582. The lowest BCUT2D eigenvalue weighted by molar-refractivity contribution is 0.820. The number of hydrogen-bond donors (Lipinski definition) is 2. The average Bonchev–Trinajstić information content (AvgIpc) is 2.49. The molecule has 0 saturated heterocycles. The van der Waals surface area contributed by atoms with Crippen LogP contribution in [0.4, 0.5) is 11.4 Å². The molecule has 72 valence electrons. The summed E-state index contributed by atoms with van der Waals surface area (Å²) in [5.41, 5.74) is 13.5. The molecule has 2 aromatic rings. The van der Waals surface area contributed by atoms with Crippen molar-refractivity contribution in [1.82, 2.24) is 14.8 Å². The summed E-state index contributed by atoms with van der Waals surface area (Å²) in [7, 11) is 0. The van der Waals surface area contributed by atoms with Gasteiger partial charge in [0.15, 0.2) is 5.82 Å². The quantitative estimate of drug-likeness (QED) is 0.693. The van der Waals surface area contributed by atoms with E-state index in [4.69, 9.17) is 11.5 Å². The van der Waals surface area contributed by atoms with E-state index in [1.807, 2.05) is 6.92 Å². The van der Waals surface area contributed by atoms with Crippen LogP contribution in [0.5, 0.6) is 0 Å². The average molecular weight is 189 g/mol. The van der Waals surface area contributed by atoms with Crippen LogP contribution >= 0.6 is 0 Å². The Morgan fingerprint density at radius 1 is 1.29 bits per heavy atom. The van der Waals surface area contributed by atoms with Crippen LogP contribution in [-0.2, 0) is 0 Å². The molecule has 0 aliphatic heterocycles. The molecular weight excluding hydrogens is 178 g/mol. The Balaban J connectivity index is 2.60. The lowest BCUT2D eigenvalue weighted by Crippen LogP contribution is -2.05. The summed E-state index contributed by atoms with van der Waals surface area (Å²) < 4.78 is 1.63. The Bertz CT molecular complexity index is 460. The number of pyridine rings is 1. The van der Waals surface area contributed by atoms with Gasteiger partial charge in [0.05, 0.1) is 23.3 Å². The van der Waals surface area contributed by atoms with Gasteiger partial charge in [-0.2, -0.15) is 5.10 Å². The highest BCUT2D eigenvalue weighted by Gasteiger charge is 2.08. The molecule has 4 N–H and O–H groups in total. The molecule has 0 radical (unpaired) electrons. The minimum Gasteiger partial charge on any atom is -0.396 e. The van der Waals surface area contributed by atoms with Gasteiger partial charge in [-0.25, -0.2) is 9.67 Å². The molecule has 0 amide bonds. The fourth-order valence-electron chi connectivity index (χ4n) is 1.22. The fraction of sp³-hybridized carbons (Fsp3) is 0.111. The lowest BCUT2D eigenvalue weighted by atomic mass is 10.3. The van der Waals surface area contributed by atoms with Crippen LogP contribution < -0.4 is 11.5 Å². The first-order chi connectivity index (χ1) is 6.70. The Labute approximate surface area is 81.4 Å². The molecule has 0 aliphatic carbocycles.